The van der Waals surface area contributed by atoms with Crippen LogP contribution < -0.4 is 14.4 Å². The molecule has 5 rings (SSSR count). The lowest BCUT2D eigenvalue weighted by Gasteiger charge is -2.36. The molecule has 0 unspecified atom stereocenters. The van der Waals surface area contributed by atoms with E-state index in [1.165, 1.54) is 37.9 Å². The van der Waals surface area contributed by atoms with Crippen molar-refractivity contribution >= 4 is 56.6 Å². The van der Waals surface area contributed by atoms with Gasteiger partial charge in [-0.05, 0) is 56.1 Å². The van der Waals surface area contributed by atoms with Crippen LogP contribution in [-0.4, -0.2) is 83.6 Å². The largest absolute Gasteiger partial charge is 0.493 e. The van der Waals surface area contributed by atoms with Gasteiger partial charge in [-0.3, -0.25) is 0 Å². The van der Waals surface area contributed by atoms with Crippen LogP contribution in [0.4, 0.5) is 5.82 Å². The molecule has 0 N–H and O–H groups in total. The van der Waals surface area contributed by atoms with Gasteiger partial charge in [0, 0.05) is 55.0 Å². The smallest absolute Gasteiger partial charge is 0.163 e. The number of anilines is 1. The number of halogens is 1. The topological polar surface area (TPSA) is 54.0 Å². The van der Waals surface area contributed by atoms with E-state index in [9.17, 15) is 0 Å². The standard InChI is InChI=1S/C29H36ClN5O2S2/c1-36-26-18-24-25(19-27(26)37-17-5-12-33-10-3-2-4-11-33)31-21-32-28(24)34-13-15-35(16-14-34)29(38)39-20-22-6-8-23(30)9-7-22/h6-9,18-19,21H,2-5,10-17,20H2,1H3. The van der Waals surface area contributed by atoms with E-state index in [4.69, 9.17) is 33.3 Å². The number of fused-ring (bicyclic) bond motifs is 1. The number of methoxy groups -OCH3 is 1. The zero-order valence-electron chi connectivity index (χ0n) is 22.5. The minimum Gasteiger partial charge on any atom is -0.493 e. The van der Waals surface area contributed by atoms with E-state index in [0.29, 0.717) is 6.61 Å². The number of thioether (sulfide) groups is 1. The summed E-state index contributed by atoms with van der Waals surface area (Å²) >= 11 is 13.4. The van der Waals surface area contributed by atoms with Crippen molar-refractivity contribution in [2.75, 3.05) is 64.4 Å². The number of hydrogen-bond donors (Lipinski definition) is 0. The van der Waals surface area contributed by atoms with Gasteiger partial charge in [-0.1, -0.05) is 54.1 Å². The van der Waals surface area contributed by atoms with Crippen LogP contribution in [0.3, 0.4) is 0 Å². The third-order valence-corrected chi connectivity index (χ3v) is 9.18. The second-order valence-corrected chi connectivity index (χ2v) is 12.0. The van der Waals surface area contributed by atoms with Crippen molar-refractivity contribution < 1.29 is 9.47 Å². The molecule has 3 heterocycles. The van der Waals surface area contributed by atoms with E-state index in [0.717, 1.165) is 82.5 Å². The van der Waals surface area contributed by atoms with Gasteiger partial charge in [0.2, 0.25) is 0 Å². The Bertz CT molecular complexity index is 1250. The molecule has 7 nitrogen and oxygen atoms in total. The number of aromatic nitrogens is 2. The summed E-state index contributed by atoms with van der Waals surface area (Å²) in [5.41, 5.74) is 2.08. The molecule has 2 fully saturated rings. The molecule has 0 aliphatic carbocycles. The van der Waals surface area contributed by atoms with Gasteiger partial charge in [0.05, 0.1) is 19.2 Å². The molecule has 2 aliphatic heterocycles. The van der Waals surface area contributed by atoms with Crippen LogP contribution in [0.5, 0.6) is 11.5 Å². The maximum absolute atomic E-state index is 6.16. The Morgan fingerprint density at radius 3 is 2.49 bits per heavy atom. The van der Waals surface area contributed by atoms with Crippen molar-refractivity contribution in [3.8, 4) is 11.5 Å². The maximum atomic E-state index is 6.16. The highest BCUT2D eigenvalue weighted by atomic mass is 35.5. The Labute approximate surface area is 245 Å². The molecule has 2 aliphatic rings. The van der Waals surface area contributed by atoms with Crippen molar-refractivity contribution in [1.82, 2.24) is 19.8 Å². The first-order chi connectivity index (χ1) is 19.1. The van der Waals surface area contributed by atoms with Crippen molar-refractivity contribution in [2.24, 2.45) is 0 Å². The summed E-state index contributed by atoms with van der Waals surface area (Å²) in [7, 11) is 1.69. The van der Waals surface area contributed by atoms with E-state index >= 15 is 0 Å². The number of benzene rings is 2. The molecule has 0 saturated carbocycles. The predicted octanol–water partition coefficient (Wildman–Crippen LogP) is 5.89. The first-order valence-electron chi connectivity index (χ1n) is 13.7. The minimum atomic E-state index is 0.661. The Balaban J connectivity index is 1.18. The average molecular weight is 586 g/mol. The third kappa shape index (κ3) is 7.45. The second-order valence-electron chi connectivity index (χ2n) is 9.98. The summed E-state index contributed by atoms with van der Waals surface area (Å²) in [5, 5.41) is 1.73. The molecule has 2 aromatic carbocycles. The Hall–Kier alpha value is -2.33. The Kier molecular flexibility index (Phi) is 10.0. The molecule has 0 spiro atoms. The van der Waals surface area contributed by atoms with E-state index < -0.39 is 0 Å². The van der Waals surface area contributed by atoms with Gasteiger partial charge in [0.25, 0.3) is 0 Å². The summed E-state index contributed by atoms with van der Waals surface area (Å²) in [6, 6.07) is 12.0. The van der Waals surface area contributed by atoms with Crippen molar-refractivity contribution in [3.05, 3.63) is 53.3 Å². The minimum absolute atomic E-state index is 0.661. The number of rotatable bonds is 9. The highest BCUT2D eigenvalue weighted by Gasteiger charge is 2.23. The third-order valence-electron chi connectivity index (χ3n) is 7.34. The van der Waals surface area contributed by atoms with Gasteiger partial charge in [-0.25, -0.2) is 9.97 Å². The van der Waals surface area contributed by atoms with Crippen LogP contribution >= 0.6 is 35.6 Å². The SMILES string of the molecule is COc1cc2c(N3CCN(C(=S)SCc4ccc(Cl)cc4)CC3)ncnc2cc1OCCCN1CCCCC1. The fourth-order valence-corrected chi connectivity index (χ4v) is 6.48. The quantitative estimate of drug-likeness (QED) is 0.226. The number of likely N-dealkylation sites (tertiary alicyclic amines) is 1. The Morgan fingerprint density at radius 1 is 0.974 bits per heavy atom. The lowest BCUT2D eigenvalue weighted by molar-refractivity contribution is 0.203. The van der Waals surface area contributed by atoms with Crippen LogP contribution in [0.1, 0.15) is 31.2 Å². The first kappa shape index (κ1) is 28.2. The van der Waals surface area contributed by atoms with Crippen LogP contribution in [0.2, 0.25) is 5.02 Å². The monoisotopic (exact) mass is 585 g/mol. The zero-order chi connectivity index (χ0) is 27.0. The van der Waals surface area contributed by atoms with Crippen molar-refractivity contribution in [2.45, 2.75) is 31.4 Å². The summed E-state index contributed by atoms with van der Waals surface area (Å²) in [5.74, 6) is 3.22. The zero-order valence-corrected chi connectivity index (χ0v) is 24.9. The first-order valence-corrected chi connectivity index (χ1v) is 15.5. The molecule has 2 saturated heterocycles. The van der Waals surface area contributed by atoms with Gasteiger partial charge < -0.3 is 24.2 Å². The van der Waals surface area contributed by atoms with E-state index in [1.54, 1.807) is 25.2 Å². The molecule has 10 heteroatoms. The molecule has 0 bridgehead atoms. The number of hydrogen-bond acceptors (Lipinski definition) is 8. The summed E-state index contributed by atoms with van der Waals surface area (Å²) in [4.78, 5) is 16.3. The summed E-state index contributed by atoms with van der Waals surface area (Å²) < 4.78 is 12.8. The van der Waals surface area contributed by atoms with Crippen LogP contribution in [0, 0.1) is 0 Å². The fourth-order valence-electron chi connectivity index (χ4n) is 5.15. The fraction of sp³-hybridized carbons (Fsp3) is 0.483. The van der Waals surface area contributed by atoms with Gasteiger partial charge in [-0.15, -0.1) is 0 Å². The highest BCUT2D eigenvalue weighted by molar-refractivity contribution is 8.22. The number of thiocarbonyl (C=S) groups is 1. The van der Waals surface area contributed by atoms with Crippen molar-refractivity contribution in [3.63, 3.8) is 0 Å². The van der Waals surface area contributed by atoms with E-state index in [2.05, 4.69) is 36.8 Å². The normalized spacial score (nSPS) is 16.5. The molecule has 0 atom stereocenters. The number of nitrogens with zero attached hydrogens (tertiary/aromatic N) is 5. The average Bonchev–Trinajstić information content (AvgIpc) is 2.98. The van der Waals surface area contributed by atoms with Crippen LogP contribution in [0.15, 0.2) is 42.7 Å². The Morgan fingerprint density at radius 2 is 1.74 bits per heavy atom. The molecule has 0 amide bonds. The lowest BCUT2D eigenvalue weighted by atomic mass is 10.1. The van der Waals surface area contributed by atoms with Crippen LogP contribution in [0.25, 0.3) is 10.9 Å². The molecular formula is C29H36ClN5O2S2. The molecule has 208 valence electrons. The van der Waals surface area contributed by atoms with Gasteiger partial charge in [0.1, 0.15) is 16.5 Å². The van der Waals surface area contributed by atoms with Crippen LogP contribution in [-0.2, 0) is 5.75 Å². The predicted molar refractivity (Wildman–Crippen MR) is 166 cm³/mol. The lowest BCUT2D eigenvalue weighted by Crippen LogP contribution is -2.48. The van der Waals surface area contributed by atoms with Gasteiger partial charge in [-0.2, -0.15) is 0 Å². The molecular weight excluding hydrogens is 550 g/mol. The number of piperidine rings is 1. The highest BCUT2D eigenvalue weighted by Crippen LogP contribution is 2.35. The number of ether oxygens (including phenoxy) is 2. The maximum Gasteiger partial charge on any atom is 0.163 e. The van der Waals surface area contributed by atoms with E-state index in [1.807, 2.05) is 24.3 Å². The molecule has 0 radical (unpaired) electrons. The van der Waals surface area contributed by atoms with Gasteiger partial charge >= 0.3 is 0 Å². The van der Waals surface area contributed by atoms with E-state index in [-0.39, 0.29) is 0 Å². The summed E-state index contributed by atoms with van der Waals surface area (Å²) in [6.07, 6.45) is 6.63. The van der Waals surface area contributed by atoms with Gasteiger partial charge in [0.15, 0.2) is 11.5 Å². The second kappa shape index (κ2) is 13.8. The number of piperazine rings is 1. The van der Waals surface area contributed by atoms with Crippen molar-refractivity contribution in [1.29, 1.82) is 0 Å². The molecule has 3 aromatic rings. The summed E-state index contributed by atoms with van der Waals surface area (Å²) in [6.45, 7) is 7.55. The molecule has 39 heavy (non-hydrogen) atoms. The molecule has 1 aromatic heterocycles.